The fourth-order valence-corrected chi connectivity index (χ4v) is 4.58. The number of esters is 1. The average Bonchev–Trinajstić information content (AvgIpc) is 3.49. The Bertz CT molecular complexity index is 1190. The van der Waals surface area contributed by atoms with E-state index in [1.807, 2.05) is 0 Å². The molecule has 4 rings (SSSR count). The van der Waals surface area contributed by atoms with Gasteiger partial charge in [-0.2, -0.15) is 0 Å². The Morgan fingerprint density at radius 1 is 0.971 bits per heavy atom. The number of benzene rings is 2. The van der Waals surface area contributed by atoms with Crippen LogP contribution in [0.5, 0.6) is 17.2 Å². The van der Waals surface area contributed by atoms with Crippen LogP contribution in [-0.4, -0.2) is 66.7 Å². The molecule has 10 heteroatoms. The van der Waals surface area contributed by atoms with E-state index in [0.717, 1.165) is 29.5 Å². The number of nitrogens with zero attached hydrogens (tertiary/aromatic N) is 2. The van der Waals surface area contributed by atoms with Crippen molar-refractivity contribution >= 4 is 40.9 Å². The van der Waals surface area contributed by atoms with Crippen LogP contribution >= 0.6 is 11.8 Å². The summed E-state index contributed by atoms with van der Waals surface area (Å²) in [5.74, 6) is -0.261. The number of carbonyl (C=O) groups excluding carboxylic acids is 4. The highest BCUT2D eigenvalue weighted by atomic mass is 32.2. The Balaban J connectivity index is 1.50. The summed E-state index contributed by atoms with van der Waals surface area (Å²) in [5, 5.41) is -0.492. The monoisotopic (exact) mass is 496 g/mol. The fraction of sp³-hybridized carbons (Fsp3) is 0.280. The summed E-state index contributed by atoms with van der Waals surface area (Å²) in [6.45, 7) is 1.03. The highest BCUT2D eigenvalue weighted by Gasteiger charge is 2.37. The number of hydrogen-bond donors (Lipinski definition) is 0. The Morgan fingerprint density at radius 2 is 1.69 bits per heavy atom. The lowest BCUT2D eigenvalue weighted by Gasteiger charge is -2.18. The van der Waals surface area contributed by atoms with Crippen molar-refractivity contribution in [1.82, 2.24) is 9.80 Å². The molecule has 0 spiro atoms. The van der Waals surface area contributed by atoms with E-state index in [9.17, 15) is 19.2 Å². The standard InChI is InChI=1S/C25H24N2O7S/c1-32-18-8-6-17(7-9-18)24(30)34-20-13-16(5-10-19(20)33-2)14-21-23(29)27(25(31)35-21)15-22(28)26-11-3-4-12-26/h5-10,13-14H,3-4,11-12,15H2,1-2H3/b21-14-. The average molecular weight is 497 g/mol. The van der Waals surface area contributed by atoms with E-state index < -0.39 is 17.1 Å². The normalized spacial score (nSPS) is 16.7. The first-order valence-electron chi connectivity index (χ1n) is 11.0. The number of hydrogen-bond acceptors (Lipinski definition) is 8. The molecule has 2 heterocycles. The Morgan fingerprint density at radius 3 is 2.34 bits per heavy atom. The van der Waals surface area contributed by atoms with Crippen LogP contribution in [-0.2, 0) is 9.59 Å². The second kappa shape index (κ2) is 10.6. The van der Waals surface area contributed by atoms with Crippen LogP contribution < -0.4 is 14.2 Å². The second-order valence-electron chi connectivity index (χ2n) is 7.88. The SMILES string of the molecule is COc1ccc(C(=O)Oc2cc(/C=C3\SC(=O)N(CC(=O)N4CCCC4)C3=O)ccc2OC)cc1. The highest BCUT2D eigenvalue weighted by molar-refractivity contribution is 8.18. The third kappa shape index (κ3) is 5.48. The van der Waals surface area contributed by atoms with Crippen molar-refractivity contribution in [3.63, 3.8) is 0 Å². The molecule has 3 amide bonds. The summed E-state index contributed by atoms with van der Waals surface area (Å²) >= 11 is 0.768. The number of likely N-dealkylation sites (tertiary alicyclic amines) is 1. The van der Waals surface area contributed by atoms with Gasteiger partial charge in [-0.3, -0.25) is 19.3 Å². The van der Waals surface area contributed by atoms with Crippen LogP contribution in [0.25, 0.3) is 6.08 Å². The largest absolute Gasteiger partial charge is 0.497 e. The lowest BCUT2D eigenvalue weighted by molar-refractivity contribution is -0.135. The Hall–Kier alpha value is -3.79. The number of imide groups is 1. The van der Waals surface area contributed by atoms with Crippen molar-refractivity contribution < 1.29 is 33.4 Å². The molecule has 0 saturated carbocycles. The maximum absolute atomic E-state index is 12.8. The lowest BCUT2D eigenvalue weighted by atomic mass is 10.1. The summed E-state index contributed by atoms with van der Waals surface area (Å²) in [6.07, 6.45) is 3.38. The zero-order valence-corrected chi connectivity index (χ0v) is 20.1. The van der Waals surface area contributed by atoms with Gasteiger partial charge in [0.2, 0.25) is 5.91 Å². The molecular formula is C25H24N2O7S. The molecule has 0 radical (unpaired) electrons. The van der Waals surface area contributed by atoms with E-state index >= 15 is 0 Å². The molecule has 2 aliphatic heterocycles. The van der Waals surface area contributed by atoms with Crippen LogP contribution in [0.15, 0.2) is 47.4 Å². The van der Waals surface area contributed by atoms with Crippen molar-refractivity contribution in [2.24, 2.45) is 0 Å². The predicted octanol–water partition coefficient (Wildman–Crippen LogP) is 3.58. The van der Waals surface area contributed by atoms with Gasteiger partial charge in [0.05, 0.1) is 24.7 Å². The molecule has 35 heavy (non-hydrogen) atoms. The van der Waals surface area contributed by atoms with Gasteiger partial charge >= 0.3 is 5.97 Å². The summed E-state index contributed by atoms with van der Waals surface area (Å²) < 4.78 is 15.9. The molecular weight excluding hydrogens is 472 g/mol. The summed E-state index contributed by atoms with van der Waals surface area (Å²) in [6, 6.07) is 11.3. The number of thioether (sulfide) groups is 1. The minimum Gasteiger partial charge on any atom is -0.497 e. The van der Waals surface area contributed by atoms with E-state index in [2.05, 4.69) is 0 Å². The van der Waals surface area contributed by atoms with Crippen molar-refractivity contribution in [1.29, 1.82) is 0 Å². The maximum atomic E-state index is 12.8. The van der Waals surface area contributed by atoms with E-state index in [4.69, 9.17) is 14.2 Å². The highest BCUT2D eigenvalue weighted by Crippen LogP contribution is 2.35. The maximum Gasteiger partial charge on any atom is 0.343 e. The quantitative estimate of drug-likeness (QED) is 0.326. The molecule has 2 aromatic rings. The molecule has 2 aliphatic rings. The zero-order chi connectivity index (χ0) is 24.9. The number of ether oxygens (including phenoxy) is 3. The molecule has 0 bridgehead atoms. The van der Waals surface area contributed by atoms with Crippen molar-refractivity contribution in [2.45, 2.75) is 12.8 Å². The molecule has 0 unspecified atom stereocenters. The van der Waals surface area contributed by atoms with Gasteiger partial charge in [-0.05, 0) is 72.6 Å². The number of rotatable bonds is 7. The van der Waals surface area contributed by atoms with Gasteiger partial charge in [-0.15, -0.1) is 0 Å². The Kier molecular flexibility index (Phi) is 7.40. The molecule has 2 aromatic carbocycles. The fourth-order valence-electron chi connectivity index (χ4n) is 3.74. The van der Waals surface area contributed by atoms with Crippen LogP contribution in [0.3, 0.4) is 0 Å². The molecule has 182 valence electrons. The summed E-state index contributed by atoms with van der Waals surface area (Å²) in [5.41, 5.74) is 0.849. The van der Waals surface area contributed by atoms with Crippen LogP contribution in [0.4, 0.5) is 4.79 Å². The van der Waals surface area contributed by atoms with Gasteiger partial charge in [-0.25, -0.2) is 4.79 Å². The minimum absolute atomic E-state index is 0.158. The molecule has 0 atom stereocenters. The molecule has 0 aromatic heterocycles. The summed E-state index contributed by atoms with van der Waals surface area (Å²) in [4.78, 5) is 53.1. The number of carbonyl (C=O) groups is 4. The second-order valence-corrected chi connectivity index (χ2v) is 8.88. The smallest absolute Gasteiger partial charge is 0.343 e. The molecule has 2 fully saturated rings. The number of amides is 3. The van der Waals surface area contributed by atoms with Crippen LogP contribution in [0.2, 0.25) is 0 Å². The van der Waals surface area contributed by atoms with Gasteiger partial charge in [0.25, 0.3) is 11.1 Å². The topological polar surface area (TPSA) is 102 Å². The molecule has 2 saturated heterocycles. The first-order valence-corrected chi connectivity index (χ1v) is 11.8. The van der Waals surface area contributed by atoms with E-state index in [-0.39, 0.29) is 23.1 Å². The van der Waals surface area contributed by atoms with Gasteiger partial charge in [0.1, 0.15) is 12.3 Å². The first kappa shape index (κ1) is 24.3. The van der Waals surface area contributed by atoms with Crippen LogP contribution in [0.1, 0.15) is 28.8 Å². The van der Waals surface area contributed by atoms with Gasteiger partial charge < -0.3 is 19.1 Å². The molecule has 0 aliphatic carbocycles. The third-order valence-corrected chi connectivity index (χ3v) is 6.55. The lowest BCUT2D eigenvalue weighted by Crippen LogP contribution is -2.40. The van der Waals surface area contributed by atoms with Gasteiger partial charge in [0, 0.05) is 13.1 Å². The predicted molar refractivity (Wildman–Crippen MR) is 129 cm³/mol. The van der Waals surface area contributed by atoms with Crippen molar-refractivity contribution in [3.8, 4) is 17.2 Å². The van der Waals surface area contributed by atoms with E-state index in [1.165, 1.54) is 20.3 Å². The molecule has 9 nitrogen and oxygen atoms in total. The van der Waals surface area contributed by atoms with Crippen LogP contribution in [0, 0.1) is 0 Å². The van der Waals surface area contributed by atoms with E-state index in [1.54, 1.807) is 47.4 Å². The van der Waals surface area contributed by atoms with Gasteiger partial charge in [0.15, 0.2) is 11.5 Å². The minimum atomic E-state index is -0.594. The zero-order valence-electron chi connectivity index (χ0n) is 19.3. The number of methoxy groups -OCH3 is 2. The van der Waals surface area contributed by atoms with E-state index in [0.29, 0.717) is 35.7 Å². The van der Waals surface area contributed by atoms with Crippen molar-refractivity contribution in [3.05, 3.63) is 58.5 Å². The first-order chi connectivity index (χ1) is 16.9. The Labute approximate surface area is 206 Å². The van der Waals surface area contributed by atoms with Crippen molar-refractivity contribution in [2.75, 3.05) is 33.9 Å². The third-order valence-electron chi connectivity index (χ3n) is 5.64. The summed E-state index contributed by atoms with van der Waals surface area (Å²) in [7, 11) is 2.98. The molecule has 0 N–H and O–H groups in total. The van der Waals surface area contributed by atoms with Gasteiger partial charge in [-0.1, -0.05) is 6.07 Å².